The van der Waals surface area contributed by atoms with Crippen molar-refractivity contribution in [3.8, 4) is 0 Å². The third kappa shape index (κ3) is 4.04. The number of nitrogens with one attached hydrogen (secondary N) is 2. The summed E-state index contributed by atoms with van der Waals surface area (Å²) in [6.07, 6.45) is 5.85. The molecule has 8 heteroatoms. The molecule has 2 N–H and O–H groups in total. The first-order chi connectivity index (χ1) is 14.1. The van der Waals surface area contributed by atoms with E-state index in [9.17, 15) is 9.59 Å². The molecule has 1 atom stereocenters. The Balaban J connectivity index is 1.55. The molecule has 2 aliphatic heterocycles. The van der Waals surface area contributed by atoms with E-state index in [1.165, 1.54) is 4.90 Å². The second kappa shape index (κ2) is 8.34. The van der Waals surface area contributed by atoms with Crippen LogP contribution in [0.1, 0.15) is 25.3 Å². The van der Waals surface area contributed by atoms with Crippen LogP contribution in [0.5, 0.6) is 0 Å². The largest absolute Gasteiger partial charge is 0.376 e. The number of aromatic nitrogens is 1. The van der Waals surface area contributed by atoms with Crippen molar-refractivity contribution >= 4 is 46.1 Å². The second-order valence-electron chi connectivity index (χ2n) is 7.21. The molecule has 1 aromatic carbocycles. The molecule has 2 aliphatic rings. The van der Waals surface area contributed by atoms with E-state index in [0.29, 0.717) is 23.9 Å². The Morgan fingerprint density at radius 1 is 1.41 bits per heavy atom. The van der Waals surface area contributed by atoms with Gasteiger partial charge < -0.3 is 19.9 Å². The van der Waals surface area contributed by atoms with Crippen molar-refractivity contribution in [1.82, 2.24) is 20.1 Å². The SMILES string of the molecule is CCN1C(=O)/C(=C/c2cn(CC(=O)NC[C@H]3CCCO3)c3ccccc23)NC1=S. The standard InChI is InChI=1S/C21H24N4O3S/c1-2-25-20(27)17(23-21(25)29)10-14-12-24(18-8-4-3-7-16(14)18)13-19(26)22-11-15-6-5-9-28-15/h3-4,7-8,10,12,15H,2,5-6,9,11,13H2,1H3,(H,22,26)(H,23,29)/b17-10-/t15-/m1/s1. The molecular weight excluding hydrogens is 388 g/mol. The Morgan fingerprint density at radius 2 is 2.24 bits per heavy atom. The van der Waals surface area contributed by atoms with Crippen LogP contribution in [0.4, 0.5) is 0 Å². The number of thiocarbonyl (C=S) groups is 1. The van der Waals surface area contributed by atoms with Gasteiger partial charge >= 0.3 is 0 Å². The smallest absolute Gasteiger partial charge is 0.276 e. The van der Waals surface area contributed by atoms with Crippen LogP contribution in [-0.4, -0.2) is 52.2 Å². The number of ether oxygens (including phenoxy) is 1. The summed E-state index contributed by atoms with van der Waals surface area (Å²) in [5.74, 6) is -0.197. The zero-order valence-corrected chi connectivity index (χ0v) is 17.1. The van der Waals surface area contributed by atoms with E-state index >= 15 is 0 Å². The van der Waals surface area contributed by atoms with E-state index in [-0.39, 0.29) is 24.5 Å². The molecule has 0 unspecified atom stereocenters. The predicted molar refractivity (Wildman–Crippen MR) is 115 cm³/mol. The van der Waals surface area contributed by atoms with E-state index in [1.807, 2.05) is 42.0 Å². The third-order valence-corrected chi connectivity index (χ3v) is 5.59. The minimum atomic E-state index is -0.136. The average Bonchev–Trinajstić information content (AvgIpc) is 3.41. The van der Waals surface area contributed by atoms with Gasteiger partial charge in [0, 0.05) is 42.4 Å². The zero-order chi connectivity index (χ0) is 20.4. The molecular formula is C21H24N4O3S. The first-order valence-corrected chi connectivity index (χ1v) is 10.3. The van der Waals surface area contributed by atoms with Crippen LogP contribution < -0.4 is 10.6 Å². The van der Waals surface area contributed by atoms with Crippen molar-refractivity contribution in [1.29, 1.82) is 0 Å². The fourth-order valence-electron chi connectivity index (χ4n) is 3.78. The number of carbonyl (C=O) groups is 2. The zero-order valence-electron chi connectivity index (χ0n) is 16.3. The number of likely N-dealkylation sites (N-methyl/N-ethyl adjacent to an activating group) is 1. The molecule has 152 valence electrons. The molecule has 29 heavy (non-hydrogen) atoms. The molecule has 0 aliphatic carbocycles. The quantitative estimate of drug-likeness (QED) is 0.561. The minimum absolute atomic E-state index is 0.0612. The summed E-state index contributed by atoms with van der Waals surface area (Å²) in [6, 6.07) is 7.83. The van der Waals surface area contributed by atoms with Gasteiger partial charge in [0.2, 0.25) is 5.91 Å². The average molecular weight is 413 g/mol. The van der Waals surface area contributed by atoms with Crippen LogP contribution in [0.25, 0.3) is 17.0 Å². The summed E-state index contributed by atoms with van der Waals surface area (Å²) >= 11 is 5.23. The number of hydrogen-bond donors (Lipinski definition) is 2. The van der Waals surface area contributed by atoms with Crippen molar-refractivity contribution in [3.63, 3.8) is 0 Å². The summed E-state index contributed by atoms with van der Waals surface area (Å²) in [5, 5.41) is 7.33. The number of fused-ring (bicyclic) bond motifs is 1. The van der Waals surface area contributed by atoms with Crippen LogP contribution in [0, 0.1) is 0 Å². The molecule has 0 spiro atoms. The lowest BCUT2D eigenvalue weighted by Gasteiger charge is -2.11. The lowest BCUT2D eigenvalue weighted by atomic mass is 10.1. The van der Waals surface area contributed by atoms with E-state index in [0.717, 1.165) is 35.9 Å². The van der Waals surface area contributed by atoms with Gasteiger partial charge in [-0.1, -0.05) is 18.2 Å². The van der Waals surface area contributed by atoms with Gasteiger partial charge in [0.25, 0.3) is 5.91 Å². The number of carbonyl (C=O) groups excluding carboxylic acids is 2. The topological polar surface area (TPSA) is 75.6 Å². The van der Waals surface area contributed by atoms with Crippen molar-refractivity contribution in [2.24, 2.45) is 0 Å². The Morgan fingerprint density at radius 3 is 2.97 bits per heavy atom. The first-order valence-electron chi connectivity index (χ1n) is 9.87. The van der Waals surface area contributed by atoms with Gasteiger partial charge in [0.15, 0.2) is 5.11 Å². The highest BCUT2D eigenvalue weighted by molar-refractivity contribution is 7.80. The first kappa shape index (κ1) is 19.6. The van der Waals surface area contributed by atoms with E-state index in [1.54, 1.807) is 6.08 Å². The molecule has 2 saturated heterocycles. The molecule has 2 aromatic rings. The van der Waals surface area contributed by atoms with Crippen LogP contribution >= 0.6 is 12.2 Å². The highest BCUT2D eigenvalue weighted by Gasteiger charge is 2.29. The van der Waals surface area contributed by atoms with Gasteiger partial charge in [-0.05, 0) is 44.1 Å². The number of amides is 2. The van der Waals surface area contributed by atoms with Gasteiger partial charge in [-0.2, -0.15) is 0 Å². The number of rotatable bonds is 6. The summed E-state index contributed by atoms with van der Waals surface area (Å²) < 4.78 is 7.46. The predicted octanol–water partition coefficient (Wildman–Crippen LogP) is 2.01. The molecule has 7 nitrogen and oxygen atoms in total. The van der Waals surface area contributed by atoms with Crippen LogP contribution in [-0.2, 0) is 20.9 Å². The monoisotopic (exact) mass is 412 g/mol. The van der Waals surface area contributed by atoms with Crippen LogP contribution in [0.3, 0.4) is 0 Å². The maximum absolute atomic E-state index is 12.5. The van der Waals surface area contributed by atoms with Crippen molar-refractivity contribution < 1.29 is 14.3 Å². The van der Waals surface area contributed by atoms with E-state index < -0.39 is 0 Å². The number of nitrogens with zero attached hydrogens (tertiary/aromatic N) is 2. The fourth-order valence-corrected chi connectivity index (χ4v) is 4.10. The normalized spacial score (nSPS) is 20.7. The molecule has 2 fully saturated rings. The molecule has 2 amide bonds. The number of benzene rings is 1. The van der Waals surface area contributed by atoms with Gasteiger partial charge in [0.1, 0.15) is 12.2 Å². The molecule has 4 rings (SSSR count). The highest BCUT2D eigenvalue weighted by Crippen LogP contribution is 2.24. The lowest BCUT2D eigenvalue weighted by Crippen LogP contribution is -2.34. The number of hydrogen-bond acceptors (Lipinski definition) is 4. The molecule has 1 aromatic heterocycles. The third-order valence-electron chi connectivity index (χ3n) is 5.26. The molecule has 0 bridgehead atoms. The Hall–Kier alpha value is -2.71. The highest BCUT2D eigenvalue weighted by atomic mass is 32.1. The van der Waals surface area contributed by atoms with Crippen molar-refractivity contribution in [3.05, 3.63) is 41.7 Å². The Kier molecular flexibility index (Phi) is 5.64. The van der Waals surface area contributed by atoms with Gasteiger partial charge in [-0.3, -0.25) is 14.5 Å². The Bertz CT molecular complexity index is 991. The van der Waals surface area contributed by atoms with Crippen LogP contribution in [0.15, 0.2) is 36.2 Å². The van der Waals surface area contributed by atoms with E-state index in [4.69, 9.17) is 17.0 Å². The Labute approximate surface area is 174 Å². The molecule has 3 heterocycles. The fraction of sp³-hybridized carbons (Fsp3) is 0.381. The molecule has 0 radical (unpaired) electrons. The second-order valence-corrected chi connectivity index (χ2v) is 7.59. The van der Waals surface area contributed by atoms with Crippen molar-refractivity contribution in [2.45, 2.75) is 32.4 Å². The van der Waals surface area contributed by atoms with Gasteiger partial charge in [-0.25, -0.2) is 0 Å². The minimum Gasteiger partial charge on any atom is -0.376 e. The van der Waals surface area contributed by atoms with Gasteiger partial charge in [0.05, 0.1) is 6.10 Å². The van der Waals surface area contributed by atoms with Crippen LogP contribution in [0.2, 0.25) is 0 Å². The molecule has 0 saturated carbocycles. The maximum Gasteiger partial charge on any atom is 0.276 e. The summed E-state index contributed by atoms with van der Waals surface area (Å²) in [7, 11) is 0. The van der Waals surface area contributed by atoms with Gasteiger partial charge in [-0.15, -0.1) is 0 Å². The van der Waals surface area contributed by atoms with E-state index in [2.05, 4.69) is 10.6 Å². The summed E-state index contributed by atoms with van der Waals surface area (Å²) in [6.45, 7) is 3.92. The lowest BCUT2D eigenvalue weighted by molar-refractivity contribution is -0.123. The summed E-state index contributed by atoms with van der Waals surface area (Å²) in [4.78, 5) is 26.5. The van der Waals surface area contributed by atoms with Crippen molar-refractivity contribution in [2.75, 3.05) is 19.7 Å². The maximum atomic E-state index is 12.5. The summed E-state index contributed by atoms with van der Waals surface area (Å²) in [5.41, 5.74) is 2.25. The number of para-hydroxylation sites is 1.